The second-order valence-electron chi connectivity index (χ2n) is 4.64. The van der Waals surface area contributed by atoms with Gasteiger partial charge in [0, 0.05) is 16.3 Å². The maximum atomic E-state index is 14.3. The van der Waals surface area contributed by atoms with Crippen LogP contribution >= 0.6 is 11.3 Å². The molecule has 1 heterocycles. The van der Waals surface area contributed by atoms with Crippen molar-refractivity contribution >= 4 is 11.3 Å². The average Bonchev–Trinajstić information content (AvgIpc) is 2.97. The highest BCUT2D eigenvalue weighted by molar-refractivity contribution is 7.10. The molecule has 0 radical (unpaired) electrons. The van der Waals surface area contributed by atoms with Crippen LogP contribution in [0.5, 0.6) is 11.5 Å². The van der Waals surface area contributed by atoms with E-state index in [2.05, 4.69) is 5.32 Å². The molecule has 114 valence electrons. The molecule has 5 heteroatoms. The average molecular weight is 309 g/mol. The van der Waals surface area contributed by atoms with E-state index in [1.807, 2.05) is 24.4 Å². The Bertz CT molecular complexity index is 585. The zero-order valence-electron chi connectivity index (χ0n) is 12.5. The summed E-state index contributed by atoms with van der Waals surface area (Å²) in [6.45, 7) is 2.86. The van der Waals surface area contributed by atoms with Crippen molar-refractivity contribution in [3.05, 3.63) is 45.9 Å². The van der Waals surface area contributed by atoms with Crippen LogP contribution in [0, 0.1) is 5.82 Å². The largest absolute Gasteiger partial charge is 0.496 e. The molecule has 0 saturated heterocycles. The van der Waals surface area contributed by atoms with Gasteiger partial charge in [0.25, 0.3) is 0 Å². The Morgan fingerprint density at radius 1 is 1.29 bits per heavy atom. The molecule has 0 aliphatic carbocycles. The molecule has 1 atom stereocenters. The molecule has 0 aliphatic heterocycles. The van der Waals surface area contributed by atoms with Gasteiger partial charge in [-0.25, -0.2) is 4.39 Å². The van der Waals surface area contributed by atoms with Crippen LogP contribution in [0.4, 0.5) is 4.39 Å². The highest BCUT2D eigenvalue weighted by atomic mass is 32.1. The van der Waals surface area contributed by atoms with Crippen LogP contribution in [0.1, 0.15) is 23.4 Å². The Labute approximate surface area is 128 Å². The van der Waals surface area contributed by atoms with Crippen molar-refractivity contribution < 1.29 is 13.9 Å². The van der Waals surface area contributed by atoms with E-state index >= 15 is 0 Å². The SMILES string of the molecule is CCNC(Cc1cccc(OC)c1F)c1cc(OC)cs1. The molecule has 0 saturated carbocycles. The van der Waals surface area contributed by atoms with Crippen LogP contribution in [0.2, 0.25) is 0 Å². The van der Waals surface area contributed by atoms with Crippen molar-refractivity contribution in [2.24, 2.45) is 0 Å². The van der Waals surface area contributed by atoms with Gasteiger partial charge in [-0.1, -0.05) is 19.1 Å². The van der Waals surface area contributed by atoms with E-state index < -0.39 is 0 Å². The van der Waals surface area contributed by atoms with Crippen LogP contribution in [0.3, 0.4) is 0 Å². The fourth-order valence-electron chi connectivity index (χ4n) is 2.24. The van der Waals surface area contributed by atoms with Gasteiger partial charge in [0.05, 0.1) is 14.2 Å². The Hall–Kier alpha value is -1.59. The number of benzene rings is 1. The summed E-state index contributed by atoms with van der Waals surface area (Å²) in [6, 6.07) is 7.30. The van der Waals surface area contributed by atoms with E-state index in [0.717, 1.165) is 17.2 Å². The first kappa shape index (κ1) is 15.8. The van der Waals surface area contributed by atoms with Gasteiger partial charge in [0.15, 0.2) is 11.6 Å². The van der Waals surface area contributed by atoms with Gasteiger partial charge >= 0.3 is 0 Å². The molecular weight excluding hydrogens is 289 g/mol. The Morgan fingerprint density at radius 2 is 2.10 bits per heavy atom. The molecule has 0 fully saturated rings. The van der Waals surface area contributed by atoms with Crippen molar-refractivity contribution in [2.45, 2.75) is 19.4 Å². The molecule has 1 N–H and O–H groups in total. The molecule has 1 aromatic heterocycles. The molecule has 0 aliphatic rings. The van der Waals surface area contributed by atoms with Gasteiger partial charge in [-0.05, 0) is 30.7 Å². The Morgan fingerprint density at radius 3 is 2.71 bits per heavy atom. The van der Waals surface area contributed by atoms with Crippen molar-refractivity contribution in [3.8, 4) is 11.5 Å². The first-order chi connectivity index (χ1) is 10.2. The summed E-state index contributed by atoms with van der Waals surface area (Å²) in [4.78, 5) is 1.14. The van der Waals surface area contributed by atoms with Gasteiger partial charge < -0.3 is 14.8 Å². The maximum Gasteiger partial charge on any atom is 0.168 e. The van der Waals surface area contributed by atoms with Gasteiger partial charge in [-0.15, -0.1) is 11.3 Å². The summed E-state index contributed by atoms with van der Waals surface area (Å²) in [5, 5.41) is 5.36. The van der Waals surface area contributed by atoms with E-state index in [1.54, 1.807) is 30.6 Å². The van der Waals surface area contributed by atoms with Crippen LogP contribution in [-0.2, 0) is 6.42 Å². The third-order valence-corrected chi connectivity index (χ3v) is 4.34. The number of thiophene rings is 1. The molecule has 2 rings (SSSR count). The summed E-state index contributed by atoms with van der Waals surface area (Å²) < 4.78 is 24.6. The molecule has 2 aromatic rings. The lowest BCUT2D eigenvalue weighted by Crippen LogP contribution is -2.22. The van der Waals surface area contributed by atoms with Gasteiger partial charge in [-0.3, -0.25) is 0 Å². The summed E-state index contributed by atoms with van der Waals surface area (Å²) in [6.07, 6.45) is 0.570. The van der Waals surface area contributed by atoms with Gasteiger partial charge in [0.2, 0.25) is 0 Å². The molecule has 0 amide bonds. The summed E-state index contributed by atoms with van der Waals surface area (Å²) in [5.74, 6) is 0.835. The minimum absolute atomic E-state index is 0.0607. The quantitative estimate of drug-likeness (QED) is 0.844. The number of nitrogens with one attached hydrogen (secondary N) is 1. The number of likely N-dealkylation sites (N-methyl/N-ethyl adjacent to an activating group) is 1. The first-order valence-corrected chi connectivity index (χ1v) is 7.74. The third kappa shape index (κ3) is 3.74. The van der Waals surface area contributed by atoms with Crippen LogP contribution in [0.25, 0.3) is 0 Å². The summed E-state index contributed by atoms with van der Waals surface area (Å²) in [7, 11) is 3.13. The Kier molecular flexibility index (Phi) is 5.59. The minimum atomic E-state index is -0.286. The first-order valence-electron chi connectivity index (χ1n) is 6.86. The monoisotopic (exact) mass is 309 g/mol. The topological polar surface area (TPSA) is 30.5 Å². The van der Waals surface area contributed by atoms with Gasteiger partial charge in [0.1, 0.15) is 5.75 Å². The number of hydrogen-bond donors (Lipinski definition) is 1. The highest BCUT2D eigenvalue weighted by Gasteiger charge is 2.17. The predicted molar refractivity (Wildman–Crippen MR) is 83.9 cm³/mol. The van der Waals surface area contributed by atoms with E-state index in [9.17, 15) is 4.39 Å². The molecule has 1 aromatic carbocycles. The van der Waals surface area contributed by atoms with Crippen molar-refractivity contribution in [1.29, 1.82) is 0 Å². The normalized spacial score (nSPS) is 12.2. The molecule has 3 nitrogen and oxygen atoms in total. The lowest BCUT2D eigenvalue weighted by Gasteiger charge is -2.17. The summed E-state index contributed by atoms with van der Waals surface area (Å²) in [5.41, 5.74) is 0.646. The molecule has 1 unspecified atom stereocenters. The van der Waals surface area contributed by atoms with E-state index in [1.165, 1.54) is 7.11 Å². The zero-order chi connectivity index (χ0) is 15.2. The molecular formula is C16H20FNO2S. The van der Waals surface area contributed by atoms with Crippen molar-refractivity contribution in [3.63, 3.8) is 0 Å². The lowest BCUT2D eigenvalue weighted by molar-refractivity contribution is 0.382. The van der Waals surface area contributed by atoms with Crippen LogP contribution in [0.15, 0.2) is 29.6 Å². The highest BCUT2D eigenvalue weighted by Crippen LogP contribution is 2.30. The molecule has 0 spiro atoms. The van der Waals surface area contributed by atoms with Crippen molar-refractivity contribution in [2.75, 3.05) is 20.8 Å². The molecule has 0 bridgehead atoms. The van der Waals surface area contributed by atoms with Crippen LogP contribution in [-0.4, -0.2) is 20.8 Å². The van der Waals surface area contributed by atoms with E-state index in [0.29, 0.717) is 12.0 Å². The number of methoxy groups -OCH3 is 2. The van der Waals surface area contributed by atoms with E-state index in [4.69, 9.17) is 9.47 Å². The minimum Gasteiger partial charge on any atom is -0.496 e. The predicted octanol–water partition coefficient (Wildman–Crippen LogP) is 3.80. The fourth-order valence-corrected chi connectivity index (χ4v) is 3.17. The second kappa shape index (κ2) is 7.43. The van der Waals surface area contributed by atoms with Crippen molar-refractivity contribution in [1.82, 2.24) is 5.32 Å². The second-order valence-corrected chi connectivity index (χ2v) is 5.58. The van der Waals surface area contributed by atoms with Gasteiger partial charge in [-0.2, -0.15) is 0 Å². The third-order valence-electron chi connectivity index (χ3n) is 3.31. The van der Waals surface area contributed by atoms with Crippen LogP contribution < -0.4 is 14.8 Å². The maximum absolute atomic E-state index is 14.3. The number of hydrogen-bond acceptors (Lipinski definition) is 4. The lowest BCUT2D eigenvalue weighted by atomic mass is 10.0. The number of ether oxygens (including phenoxy) is 2. The number of rotatable bonds is 7. The molecule has 21 heavy (non-hydrogen) atoms. The standard InChI is InChI=1S/C16H20FNO2S/c1-4-18-13(15-9-12(19-2)10-21-15)8-11-6-5-7-14(20-3)16(11)17/h5-7,9-10,13,18H,4,8H2,1-3H3. The number of halogens is 1. The smallest absolute Gasteiger partial charge is 0.168 e. The Balaban J connectivity index is 2.23. The zero-order valence-corrected chi connectivity index (χ0v) is 13.3. The fraction of sp³-hybridized carbons (Fsp3) is 0.375. The van der Waals surface area contributed by atoms with E-state index in [-0.39, 0.29) is 17.6 Å². The summed E-state index contributed by atoms with van der Waals surface area (Å²) >= 11 is 1.62.